The zero-order valence-corrected chi connectivity index (χ0v) is 14.3. The second-order valence-corrected chi connectivity index (χ2v) is 7.79. The number of rotatable bonds is 2. The summed E-state index contributed by atoms with van der Waals surface area (Å²) < 4.78 is 29.1. The maximum absolute atomic E-state index is 12.9. The Kier molecular flexibility index (Phi) is 4.68. The predicted octanol–water partition coefficient (Wildman–Crippen LogP) is 0.974. The number of nitrogens with one attached hydrogen (secondary N) is 1. The molecule has 0 radical (unpaired) electrons. The Balaban J connectivity index is 0.00000161. The molecule has 1 N–H and O–H groups in total. The molecule has 21 heavy (non-hydrogen) atoms. The van der Waals surface area contributed by atoms with Crippen molar-refractivity contribution in [3.8, 4) is 0 Å². The van der Waals surface area contributed by atoms with E-state index >= 15 is 0 Å². The third-order valence-electron chi connectivity index (χ3n) is 4.53. The fraction of sp³-hybridized carbons (Fsp3) is 0.769. The zero-order chi connectivity index (χ0) is 14.5. The van der Waals surface area contributed by atoms with E-state index < -0.39 is 10.0 Å². The quantitative estimate of drug-likeness (QED) is 0.875. The summed E-state index contributed by atoms with van der Waals surface area (Å²) in [5.74, 6) is 0. The molecular weight excluding hydrogens is 312 g/mol. The van der Waals surface area contributed by atoms with Gasteiger partial charge in [0.2, 0.25) is 10.0 Å². The van der Waals surface area contributed by atoms with Gasteiger partial charge in [-0.05, 0) is 33.1 Å². The summed E-state index contributed by atoms with van der Waals surface area (Å²) in [4.78, 5) is 0.387. The van der Waals surface area contributed by atoms with Gasteiger partial charge in [0.25, 0.3) is 0 Å². The third-order valence-corrected chi connectivity index (χ3v) is 6.64. The van der Waals surface area contributed by atoms with Crippen molar-refractivity contribution < 1.29 is 8.42 Å². The maximum atomic E-state index is 12.9. The molecule has 2 saturated heterocycles. The summed E-state index contributed by atoms with van der Waals surface area (Å²) in [6.45, 7) is 4.76. The first-order valence-electron chi connectivity index (χ1n) is 7.16. The van der Waals surface area contributed by atoms with Gasteiger partial charge >= 0.3 is 0 Å². The Morgan fingerprint density at radius 1 is 1.19 bits per heavy atom. The van der Waals surface area contributed by atoms with Crippen molar-refractivity contribution in [2.75, 3.05) is 13.1 Å². The van der Waals surface area contributed by atoms with E-state index in [1.165, 1.54) is 6.42 Å². The van der Waals surface area contributed by atoms with Crippen molar-refractivity contribution in [3.05, 3.63) is 11.4 Å². The van der Waals surface area contributed by atoms with Gasteiger partial charge in [0.1, 0.15) is 4.90 Å². The summed E-state index contributed by atoms with van der Waals surface area (Å²) in [7, 11) is -1.65. The monoisotopic (exact) mass is 334 g/mol. The second kappa shape index (κ2) is 5.87. The highest BCUT2D eigenvalue weighted by atomic mass is 35.5. The van der Waals surface area contributed by atoms with Crippen LogP contribution in [-0.4, -0.2) is 47.7 Å². The highest BCUT2D eigenvalue weighted by molar-refractivity contribution is 7.89. The molecule has 2 atom stereocenters. The van der Waals surface area contributed by atoms with Crippen LogP contribution in [0.1, 0.15) is 30.7 Å². The molecule has 0 saturated carbocycles. The SMILES string of the molecule is Cc1nn(C)c(C)c1S(=O)(=O)N1CCC2CCC(C1)N2.Cl. The number of halogens is 1. The number of aryl methyl sites for hydroxylation is 2. The van der Waals surface area contributed by atoms with E-state index in [-0.39, 0.29) is 12.4 Å². The van der Waals surface area contributed by atoms with Gasteiger partial charge in [-0.1, -0.05) is 0 Å². The smallest absolute Gasteiger partial charge is 0.246 e. The van der Waals surface area contributed by atoms with Crippen molar-refractivity contribution in [2.24, 2.45) is 7.05 Å². The predicted molar refractivity (Wildman–Crippen MR) is 83.3 cm³/mol. The van der Waals surface area contributed by atoms with E-state index in [1.807, 2.05) is 6.92 Å². The van der Waals surface area contributed by atoms with Crippen molar-refractivity contribution >= 4 is 22.4 Å². The minimum absolute atomic E-state index is 0. The lowest BCUT2D eigenvalue weighted by Crippen LogP contribution is -2.39. The topological polar surface area (TPSA) is 67.2 Å². The number of hydrogen-bond acceptors (Lipinski definition) is 4. The molecule has 2 bridgehead atoms. The van der Waals surface area contributed by atoms with Crippen LogP contribution in [0, 0.1) is 13.8 Å². The lowest BCUT2D eigenvalue weighted by atomic mass is 10.1. The molecule has 3 heterocycles. The van der Waals surface area contributed by atoms with E-state index in [9.17, 15) is 8.42 Å². The molecule has 0 amide bonds. The molecule has 1 aromatic rings. The van der Waals surface area contributed by atoms with E-state index in [0.29, 0.717) is 41.5 Å². The van der Waals surface area contributed by atoms with Crippen LogP contribution < -0.4 is 5.32 Å². The van der Waals surface area contributed by atoms with E-state index in [4.69, 9.17) is 0 Å². The van der Waals surface area contributed by atoms with E-state index in [2.05, 4.69) is 10.4 Å². The van der Waals surface area contributed by atoms with E-state index in [0.717, 1.165) is 12.8 Å². The molecule has 0 spiro atoms. The summed E-state index contributed by atoms with van der Waals surface area (Å²) in [6.07, 6.45) is 3.14. The summed E-state index contributed by atoms with van der Waals surface area (Å²) in [5.41, 5.74) is 1.30. The van der Waals surface area contributed by atoms with Crippen molar-refractivity contribution in [2.45, 2.75) is 50.1 Å². The Bertz CT molecular complexity index is 628. The molecule has 2 fully saturated rings. The van der Waals surface area contributed by atoms with E-state index in [1.54, 1.807) is 23.0 Å². The first kappa shape index (κ1) is 16.7. The van der Waals surface area contributed by atoms with Crippen LogP contribution in [0.15, 0.2) is 4.90 Å². The average Bonchev–Trinajstić information content (AvgIpc) is 2.79. The minimum Gasteiger partial charge on any atom is -0.310 e. The van der Waals surface area contributed by atoms with Crippen LogP contribution in [-0.2, 0) is 17.1 Å². The molecule has 2 aliphatic heterocycles. The van der Waals surface area contributed by atoms with Crippen LogP contribution in [0.2, 0.25) is 0 Å². The van der Waals surface area contributed by atoms with Crippen LogP contribution in [0.4, 0.5) is 0 Å². The molecule has 3 rings (SSSR count). The third kappa shape index (κ3) is 2.84. The molecule has 0 aliphatic carbocycles. The molecule has 2 aliphatic rings. The molecule has 6 nitrogen and oxygen atoms in total. The highest BCUT2D eigenvalue weighted by Gasteiger charge is 2.37. The Hall–Kier alpha value is -0.630. The minimum atomic E-state index is -3.44. The van der Waals surface area contributed by atoms with Crippen LogP contribution in [0.5, 0.6) is 0 Å². The van der Waals surface area contributed by atoms with Gasteiger partial charge in [-0.3, -0.25) is 4.68 Å². The number of hydrogen-bond donors (Lipinski definition) is 1. The fourth-order valence-electron chi connectivity index (χ4n) is 3.39. The average molecular weight is 335 g/mol. The van der Waals surface area contributed by atoms with Crippen molar-refractivity contribution in [3.63, 3.8) is 0 Å². The standard InChI is InChI=1S/C13H22N4O2S.ClH/c1-9-13(10(2)16(3)15-9)20(18,19)17-7-6-11-4-5-12(8-17)14-11;/h11-12,14H,4-8H2,1-3H3;1H. The van der Waals surface area contributed by atoms with Crippen molar-refractivity contribution in [1.29, 1.82) is 0 Å². The van der Waals surface area contributed by atoms with Gasteiger partial charge in [0.15, 0.2) is 0 Å². The van der Waals surface area contributed by atoms with Gasteiger partial charge in [-0.15, -0.1) is 12.4 Å². The van der Waals surface area contributed by atoms with Gasteiger partial charge in [-0.2, -0.15) is 9.40 Å². The van der Waals surface area contributed by atoms with Crippen LogP contribution in [0.3, 0.4) is 0 Å². The van der Waals surface area contributed by atoms with Gasteiger partial charge in [0.05, 0.1) is 11.4 Å². The molecular formula is C13H23ClN4O2S. The van der Waals surface area contributed by atoms with Gasteiger partial charge in [-0.25, -0.2) is 8.42 Å². The maximum Gasteiger partial charge on any atom is 0.246 e. The van der Waals surface area contributed by atoms with Crippen LogP contribution in [0.25, 0.3) is 0 Å². The summed E-state index contributed by atoms with van der Waals surface area (Å²) in [6, 6.07) is 0.783. The van der Waals surface area contributed by atoms with Crippen LogP contribution >= 0.6 is 12.4 Å². The summed E-state index contributed by atoms with van der Waals surface area (Å²) >= 11 is 0. The second-order valence-electron chi connectivity index (χ2n) is 5.91. The first-order chi connectivity index (χ1) is 9.39. The lowest BCUT2D eigenvalue weighted by Gasteiger charge is -2.23. The summed E-state index contributed by atoms with van der Waals surface area (Å²) in [5, 5.41) is 7.75. The zero-order valence-electron chi connectivity index (χ0n) is 12.7. The molecule has 0 aromatic carbocycles. The number of fused-ring (bicyclic) bond motifs is 2. The Morgan fingerprint density at radius 2 is 1.86 bits per heavy atom. The number of nitrogens with zero attached hydrogens (tertiary/aromatic N) is 3. The highest BCUT2D eigenvalue weighted by Crippen LogP contribution is 2.27. The Labute approximate surface area is 132 Å². The lowest BCUT2D eigenvalue weighted by molar-refractivity contribution is 0.383. The fourth-order valence-corrected chi connectivity index (χ4v) is 5.29. The number of sulfonamides is 1. The number of aromatic nitrogens is 2. The first-order valence-corrected chi connectivity index (χ1v) is 8.60. The molecule has 8 heteroatoms. The normalized spacial score (nSPS) is 26.4. The van der Waals surface area contributed by atoms with Gasteiger partial charge < -0.3 is 5.32 Å². The molecule has 1 aromatic heterocycles. The molecule has 120 valence electrons. The van der Waals surface area contributed by atoms with Gasteiger partial charge in [0, 0.05) is 32.2 Å². The largest absolute Gasteiger partial charge is 0.310 e. The Morgan fingerprint density at radius 3 is 2.48 bits per heavy atom. The van der Waals surface area contributed by atoms with Crippen molar-refractivity contribution in [1.82, 2.24) is 19.4 Å². The molecule has 2 unspecified atom stereocenters.